The maximum atomic E-state index is 12.5. The monoisotopic (exact) mass is 353 g/mol. The van der Waals surface area contributed by atoms with Crippen molar-refractivity contribution in [2.75, 3.05) is 26.2 Å². The molecule has 136 valence electrons. The van der Waals surface area contributed by atoms with Crippen molar-refractivity contribution in [1.82, 2.24) is 20.2 Å². The fourth-order valence-electron chi connectivity index (χ4n) is 3.33. The number of aromatic amines is 1. The van der Waals surface area contributed by atoms with Gasteiger partial charge in [-0.2, -0.15) is 0 Å². The molecule has 0 aliphatic carbocycles. The highest BCUT2D eigenvalue weighted by Crippen LogP contribution is 2.21. The molecule has 1 unspecified atom stereocenters. The van der Waals surface area contributed by atoms with Gasteiger partial charge in [0.1, 0.15) is 6.10 Å². The third-order valence-corrected chi connectivity index (χ3v) is 5.03. The molecule has 3 heterocycles. The Morgan fingerprint density at radius 1 is 1.38 bits per heavy atom. The van der Waals surface area contributed by atoms with E-state index in [1.807, 2.05) is 31.2 Å². The van der Waals surface area contributed by atoms with Gasteiger partial charge in [-0.15, -0.1) is 0 Å². The summed E-state index contributed by atoms with van der Waals surface area (Å²) in [6, 6.07) is 7.59. The second-order valence-electron chi connectivity index (χ2n) is 6.88. The number of carbonyl (C=O) groups is 1. The van der Waals surface area contributed by atoms with Crippen LogP contribution >= 0.6 is 0 Å². The van der Waals surface area contributed by atoms with Crippen LogP contribution in [0.25, 0.3) is 11.0 Å². The smallest absolute Gasteiger partial charge is 0.289 e. The highest BCUT2D eigenvalue weighted by Gasteiger charge is 2.35. The van der Waals surface area contributed by atoms with Gasteiger partial charge in [0.2, 0.25) is 0 Å². The molecule has 0 spiro atoms. The van der Waals surface area contributed by atoms with Gasteiger partial charge in [-0.05, 0) is 37.6 Å². The number of carbonyl (C=O) groups excluding carboxylic acids is 1. The summed E-state index contributed by atoms with van der Waals surface area (Å²) in [6.45, 7) is 4.78. The number of ether oxygens (including phenoxy) is 1. The van der Waals surface area contributed by atoms with Crippen LogP contribution in [0.5, 0.6) is 0 Å². The number of fused-ring (bicyclic) bond motifs is 1. The minimum atomic E-state index is -0.125. The number of nitrogens with zero attached hydrogens (tertiary/aromatic N) is 2. The van der Waals surface area contributed by atoms with Crippen molar-refractivity contribution in [1.29, 1.82) is 5.41 Å². The number of nitrogens with one attached hydrogen (secondary N) is 3. The van der Waals surface area contributed by atoms with E-state index < -0.39 is 0 Å². The zero-order valence-electron chi connectivity index (χ0n) is 14.8. The van der Waals surface area contributed by atoms with Gasteiger partial charge in [-0.1, -0.05) is 18.2 Å². The summed E-state index contributed by atoms with van der Waals surface area (Å²) in [5.74, 6) is 0.482. The molecule has 7 heteroatoms. The molecule has 7 nitrogen and oxygen atoms in total. The number of aromatic nitrogens is 2. The van der Waals surface area contributed by atoms with E-state index in [0.717, 1.165) is 30.5 Å². The van der Waals surface area contributed by atoms with Crippen LogP contribution < -0.4 is 5.32 Å². The molecule has 1 aromatic carbocycles. The SMILES string of the molecule is CC(C(=N)OC1CN(C(=O)c2nc3ccccc3[nH]2)C1)C1=CCCNC1. The van der Waals surface area contributed by atoms with Gasteiger partial charge < -0.3 is 19.9 Å². The zero-order chi connectivity index (χ0) is 18.1. The van der Waals surface area contributed by atoms with E-state index in [1.54, 1.807) is 4.90 Å². The van der Waals surface area contributed by atoms with Crippen LogP contribution in [0.15, 0.2) is 35.9 Å². The Morgan fingerprint density at radius 3 is 2.92 bits per heavy atom. The van der Waals surface area contributed by atoms with Crippen molar-refractivity contribution in [3.63, 3.8) is 0 Å². The first kappa shape index (κ1) is 16.8. The number of likely N-dealkylation sites (tertiary alicyclic amines) is 1. The summed E-state index contributed by atoms with van der Waals surface area (Å²) >= 11 is 0. The van der Waals surface area contributed by atoms with Crippen LogP contribution in [-0.4, -0.2) is 59.0 Å². The third-order valence-electron chi connectivity index (χ3n) is 5.03. The van der Waals surface area contributed by atoms with Crippen LogP contribution in [0.4, 0.5) is 0 Å². The zero-order valence-corrected chi connectivity index (χ0v) is 14.8. The molecule has 0 bridgehead atoms. The molecule has 26 heavy (non-hydrogen) atoms. The molecule has 4 rings (SSSR count). The van der Waals surface area contributed by atoms with E-state index >= 15 is 0 Å². The van der Waals surface area contributed by atoms with Crippen molar-refractivity contribution in [2.45, 2.75) is 19.4 Å². The summed E-state index contributed by atoms with van der Waals surface area (Å²) < 4.78 is 5.77. The number of benzene rings is 1. The van der Waals surface area contributed by atoms with Gasteiger partial charge in [0.15, 0.2) is 11.7 Å². The summed E-state index contributed by atoms with van der Waals surface area (Å²) in [7, 11) is 0. The minimum Gasteiger partial charge on any atom is -0.474 e. The fraction of sp³-hybridized carbons (Fsp3) is 0.421. The van der Waals surface area contributed by atoms with Crippen molar-refractivity contribution < 1.29 is 9.53 Å². The van der Waals surface area contributed by atoms with Gasteiger partial charge in [-0.25, -0.2) is 4.98 Å². The highest BCUT2D eigenvalue weighted by atomic mass is 16.5. The lowest BCUT2D eigenvalue weighted by Crippen LogP contribution is -2.55. The molecular formula is C19H23N5O2. The Hall–Kier alpha value is -2.67. The largest absolute Gasteiger partial charge is 0.474 e. The van der Waals surface area contributed by atoms with E-state index in [0.29, 0.717) is 18.9 Å². The Balaban J connectivity index is 1.31. The van der Waals surface area contributed by atoms with Gasteiger partial charge >= 0.3 is 0 Å². The van der Waals surface area contributed by atoms with E-state index in [2.05, 4.69) is 21.4 Å². The number of H-pyrrole nitrogens is 1. The van der Waals surface area contributed by atoms with Crippen molar-refractivity contribution in [3.05, 3.63) is 41.7 Å². The second kappa shape index (κ2) is 6.92. The normalized spacial score (nSPS) is 19.0. The average molecular weight is 353 g/mol. The Kier molecular flexibility index (Phi) is 4.46. The summed E-state index contributed by atoms with van der Waals surface area (Å²) in [4.78, 5) is 21.6. The third kappa shape index (κ3) is 3.22. The standard InChI is InChI=1S/C19H23N5O2/c1-12(13-5-4-8-21-9-13)17(20)26-14-10-24(11-14)19(25)18-22-15-6-2-3-7-16(15)23-18/h2-3,5-7,12,14,20-21H,4,8-11H2,1H3,(H,22,23). The van der Waals surface area contributed by atoms with Crippen molar-refractivity contribution in [2.24, 2.45) is 5.92 Å². The molecule has 1 atom stereocenters. The van der Waals surface area contributed by atoms with E-state index in [-0.39, 0.29) is 23.8 Å². The topological polar surface area (TPSA) is 94.1 Å². The van der Waals surface area contributed by atoms with Crippen LogP contribution in [0.2, 0.25) is 0 Å². The lowest BCUT2D eigenvalue weighted by atomic mass is 9.97. The Labute approximate surface area is 151 Å². The molecular weight excluding hydrogens is 330 g/mol. The number of para-hydroxylation sites is 2. The highest BCUT2D eigenvalue weighted by molar-refractivity contribution is 5.94. The molecule has 3 N–H and O–H groups in total. The molecule has 1 saturated heterocycles. The Bertz CT molecular complexity index is 833. The number of amides is 1. The van der Waals surface area contributed by atoms with Crippen LogP contribution in [0.1, 0.15) is 24.0 Å². The van der Waals surface area contributed by atoms with Crippen molar-refractivity contribution in [3.8, 4) is 0 Å². The quantitative estimate of drug-likeness (QED) is 0.445. The minimum absolute atomic E-state index is 0.0251. The summed E-state index contributed by atoms with van der Waals surface area (Å²) in [6.07, 6.45) is 3.07. The van der Waals surface area contributed by atoms with Gasteiger partial charge in [0.25, 0.3) is 5.91 Å². The molecule has 2 aliphatic rings. The van der Waals surface area contributed by atoms with E-state index in [9.17, 15) is 4.79 Å². The van der Waals surface area contributed by atoms with E-state index in [4.69, 9.17) is 10.1 Å². The van der Waals surface area contributed by atoms with E-state index in [1.165, 1.54) is 5.57 Å². The molecule has 1 aromatic heterocycles. The first-order chi connectivity index (χ1) is 12.6. The predicted molar refractivity (Wildman–Crippen MR) is 99.3 cm³/mol. The molecule has 2 aromatic rings. The fourth-order valence-corrected chi connectivity index (χ4v) is 3.33. The second-order valence-corrected chi connectivity index (χ2v) is 6.88. The first-order valence-corrected chi connectivity index (χ1v) is 9.00. The number of hydrogen-bond acceptors (Lipinski definition) is 5. The molecule has 2 aliphatic heterocycles. The van der Waals surface area contributed by atoms with Crippen LogP contribution in [0.3, 0.4) is 0 Å². The van der Waals surface area contributed by atoms with Crippen LogP contribution in [0, 0.1) is 11.3 Å². The lowest BCUT2D eigenvalue weighted by Gasteiger charge is -2.39. The van der Waals surface area contributed by atoms with Gasteiger partial charge in [0.05, 0.1) is 30.0 Å². The average Bonchev–Trinajstić information content (AvgIpc) is 3.08. The van der Waals surface area contributed by atoms with Gasteiger partial charge in [0, 0.05) is 6.54 Å². The van der Waals surface area contributed by atoms with Crippen molar-refractivity contribution >= 4 is 22.8 Å². The molecule has 1 amide bonds. The maximum absolute atomic E-state index is 12.5. The summed E-state index contributed by atoms with van der Waals surface area (Å²) in [5, 5.41) is 11.5. The number of rotatable bonds is 4. The lowest BCUT2D eigenvalue weighted by molar-refractivity contribution is 0.00890. The van der Waals surface area contributed by atoms with Crippen LogP contribution in [-0.2, 0) is 4.74 Å². The first-order valence-electron chi connectivity index (χ1n) is 9.00. The molecule has 0 radical (unpaired) electrons. The number of hydrogen-bond donors (Lipinski definition) is 3. The predicted octanol–water partition coefficient (Wildman–Crippen LogP) is 1.94. The molecule has 0 saturated carbocycles. The summed E-state index contributed by atoms with van der Waals surface area (Å²) in [5.41, 5.74) is 2.85. The number of imidazole rings is 1. The molecule has 1 fully saturated rings. The maximum Gasteiger partial charge on any atom is 0.289 e. The van der Waals surface area contributed by atoms with Gasteiger partial charge in [-0.3, -0.25) is 10.2 Å². The Morgan fingerprint density at radius 2 is 2.19 bits per heavy atom.